The smallest absolute Gasteiger partial charge is 0.335 e. The average Bonchev–Trinajstić information content (AvgIpc) is 3.88. The molecule has 0 aliphatic rings. The molecule has 0 saturated carbocycles. The Hall–Kier alpha value is -6.28. The van der Waals surface area contributed by atoms with Crippen molar-refractivity contribution in [3.05, 3.63) is 119 Å². The van der Waals surface area contributed by atoms with Crippen molar-refractivity contribution in [3.8, 4) is 23.0 Å². The zero-order valence-corrected chi connectivity index (χ0v) is 35.8. The van der Waals surface area contributed by atoms with Crippen LogP contribution in [0.15, 0.2) is 83.1 Å². The van der Waals surface area contributed by atoms with E-state index in [-0.39, 0.29) is 33.2 Å². The highest BCUT2D eigenvalue weighted by Crippen LogP contribution is 2.33. The van der Waals surface area contributed by atoms with Crippen LogP contribution >= 0.6 is 23.1 Å². The fourth-order valence-corrected chi connectivity index (χ4v) is 8.20. The number of hydrogen-bond donors (Lipinski definition) is 4. The number of aromatic nitrogens is 4. The van der Waals surface area contributed by atoms with Gasteiger partial charge < -0.3 is 24.8 Å². The first kappa shape index (κ1) is 47.4. The van der Waals surface area contributed by atoms with Crippen LogP contribution < -0.4 is 24.2 Å². The van der Waals surface area contributed by atoms with Gasteiger partial charge in [0.15, 0.2) is 23.1 Å². The van der Waals surface area contributed by atoms with E-state index in [0.29, 0.717) is 41.0 Å². The minimum Gasteiger partial charge on any atom is -0.478 e. The summed E-state index contributed by atoms with van der Waals surface area (Å²) in [6, 6.07) is 10.6. The highest BCUT2D eigenvalue weighted by molar-refractivity contribution is 7.93. The van der Waals surface area contributed by atoms with Gasteiger partial charge in [0, 0.05) is 67.0 Å². The number of hydrogen-bond acceptors (Lipinski definition) is 15. The van der Waals surface area contributed by atoms with Gasteiger partial charge in [0.1, 0.15) is 45.6 Å². The number of halogens is 4. The Morgan fingerprint density at radius 1 is 0.639 bits per heavy atom. The normalized spacial score (nSPS) is 11.0. The van der Waals surface area contributed by atoms with Gasteiger partial charge in [0.05, 0.1) is 5.56 Å². The number of nitrogens with zero attached hydrogens (tertiary/aromatic N) is 5. The van der Waals surface area contributed by atoms with Gasteiger partial charge in [0.25, 0.3) is 26.0 Å². The van der Waals surface area contributed by atoms with E-state index in [1.807, 2.05) is 23.5 Å². The number of carboxylic acid groups (broad SMARTS) is 1. The van der Waals surface area contributed by atoms with E-state index < -0.39 is 70.6 Å². The number of rotatable bonds is 12. The number of nitrogens with one attached hydrogen (secondary N) is 3. The lowest BCUT2D eigenvalue weighted by Gasteiger charge is -2.14. The molecule has 61 heavy (non-hydrogen) atoms. The van der Waals surface area contributed by atoms with Gasteiger partial charge in [-0.2, -0.15) is 8.75 Å². The first-order valence-corrected chi connectivity index (χ1v) is 21.3. The highest BCUT2D eigenvalue weighted by atomic mass is 32.2. The molecule has 2 heterocycles. The van der Waals surface area contributed by atoms with E-state index in [0.717, 1.165) is 41.8 Å². The van der Waals surface area contributed by atoms with Crippen LogP contribution in [0.3, 0.4) is 0 Å². The average molecular weight is 927 g/mol. The number of sulfonamides is 2. The van der Waals surface area contributed by atoms with Crippen LogP contribution in [0.1, 0.15) is 31.8 Å². The summed E-state index contributed by atoms with van der Waals surface area (Å²) in [5, 5.41) is 11.6. The third kappa shape index (κ3) is 12.9. The molecule has 0 spiro atoms. The molecule has 6 rings (SSSR count). The van der Waals surface area contributed by atoms with Gasteiger partial charge in [-0.25, -0.2) is 49.2 Å². The van der Waals surface area contributed by atoms with Crippen LogP contribution in [-0.2, 0) is 20.0 Å². The van der Waals surface area contributed by atoms with E-state index >= 15 is 0 Å². The Morgan fingerprint density at radius 2 is 1.03 bits per heavy atom. The molecule has 6 aromatic rings. The zero-order valence-electron chi connectivity index (χ0n) is 32.5. The Morgan fingerprint density at radius 3 is 1.39 bits per heavy atom. The number of carboxylic acids is 1. The first-order chi connectivity index (χ1) is 28.6. The largest absolute Gasteiger partial charge is 0.478 e. The predicted octanol–water partition coefficient (Wildman–Crippen LogP) is 6.67. The first-order valence-electron chi connectivity index (χ1n) is 16.8. The highest BCUT2D eigenvalue weighted by Gasteiger charge is 2.26. The molecule has 25 heteroatoms. The second kappa shape index (κ2) is 20.3. The lowest BCUT2D eigenvalue weighted by molar-refractivity contribution is 0.0695. The summed E-state index contributed by atoms with van der Waals surface area (Å²) in [5.41, 5.74) is 1.39. The number of carbonyl (C=O) groups is 2. The zero-order chi connectivity index (χ0) is 45.2. The monoisotopic (exact) mass is 926 g/mol. The maximum Gasteiger partial charge on any atom is 0.335 e. The number of anilines is 2. The quantitative estimate of drug-likeness (QED) is 0.0940. The van der Waals surface area contributed by atoms with Crippen molar-refractivity contribution in [1.82, 2.24) is 28.9 Å². The molecule has 0 radical (unpaired) electrons. The van der Waals surface area contributed by atoms with Crippen molar-refractivity contribution in [2.24, 2.45) is 0 Å². The van der Waals surface area contributed by atoms with Crippen LogP contribution in [-0.4, -0.2) is 85.6 Å². The number of aromatic carboxylic acids is 1. The Bertz CT molecular complexity index is 2750. The minimum absolute atomic E-state index is 0.0432. The van der Waals surface area contributed by atoms with Crippen molar-refractivity contribution >= 4 is 65.3 Å². The molecule has 0 aliphatic carbocycles. The summed E-state index contributed by atoms with van der Waals surface area (Å²) in [4.78, 5) is 30.0. The third-order valence-electron chi connectivity index (χ3n) is 7.18. The molecule has 2 aromatic heterocycles. The Kier molecular flexibility index (Phi) is 15.8. The van der Waals surface area contributed by atoms with Crippen molar-refractivity contribution in [1.29, 1.82) is 0 Å². The summed E-state index contributed by atoms with van der Waals surface area (Å²) in [6.45, 7) is 3.32. The van der Waals surface area contributed by atoms with Crippen molar-refractivity contribution in [2.45, 2.75) is 23.6 Å². The van der Waals surface area contributed by atoms with E-state index in [1.54, 1.807) is 34.0 Å². The van der Waals surface area contributed by atoms with Gasteiger partial charge in [-0.15, -0.1) is 0 Å². The second-order valence-electron chi connectivity index (χ2n) is 12.4. The van der Waals surface area contributed by atoms with Crippen LogP contribution in [0.2, 0.25) is 0 Å². The second-order valence-corrected chi connectivity index (χ2v) is 17.3. The summed E-state index contributed by atoms with van der Waals surface area (Å²) in [6.07, 6.45) is 2.22. The molecule has 0 unspecified atom stereocenters. The third-order valence-corrected chi connectivity index (χ3v) is 11.3. The number of benzene rings is 4. The molecule has 0 atom stereocenters. The SMILES string of the molecule is CNC.Cc1cc(Oc2cc(F)c(S(=O)(=O)Nc3ncns3)cc2F)cc(C(=O)N(C)C)c1.Cc1cc(Oc2cc(F)c(S(=O)(=O)Nc3ncns3)cc2F)cc(C(=O)O)c1. The summed E-state index contributed by atoms with van der Waals surface area (Å²) >= 11 is 1.47. The standard InChI is InChI=1S/C18H16F2N4O4S2.C16H11F2N3O5S2.C2H7N/c1-10-4-11(17(25)24(2)3)6-12(5-10)28-15-7-14(20)16(8-13(15)19)30(26,27)23-18-21-9-22-29-18;1-8-2-9(15(22)23)4-10(3-8)26-13-5-12(18)14(6-11(13)17)28(24,25)21-16-19-7-20-27-16;1-3-2/h4-9H,1-3H3,(H,21,22,23);2-7H,1H3,(H,22,23)(H,19,20,21);3H,1-2H3. The molecule has 4 aromatic carbocycles. The summed E-state index contributed by atoms with van der Waals surface area (Å²) in [5.74, 6) is -7.33. The van der Waals surface area contributed by atoms with E-state index in [4.69, 9.17) is 14.6 Å². The van der Waals surface area contributed by atoms with Gasteiger partial charge in [0.2, 0.25) is 10.3 Å². The fraction of sp³-hybridized carbons (Fsp3) is 0.167. The number of aryl methyl sites for hydroxylation is 2. The summed E-state index contributed by atoms with van der Waals surface area (Å²) < 4.78 is 129. The number of carbonyl (C=O) groups excluding carboxylic acids is 1. The maximum absolute atomic E-state index is 14.5. The molecule has 1 amide bonds. The number of ether oxygens (including phenoxy) is 2. The van der Waals surface area contributed by atoms with Gasteiger partial charge in [-0.1, -0.05) is 0 Å². The van der Waals surface area contributed by atoms with Crippen molar-refractivity contribution in [3.63, 3.8) is 0 Å². The molecule has 0 bridgehead atoms. The van der Waals surface area contributed by atoms with Crippen LogP contribution in [0.5, 0.6) is 23.0 Å². The van der Waals surface area contributed by atoms with E-state index in [9.17, 15) is 44.0 Å². The number of amides is 1. The Balaban J connectivity index is 0.000000253. The van der Waals surface area contributed by atoms with E-state index in [1.165, 1.54) is 29.2 Å². The molecule has 0 aliphatic heterocycles. The predicted molar refractivity (Wildman–Crippen MR) is 217 cm³/mol. The van der Waals surface area contributed by atoms with Crippen LogP contribution in [0.4, 0.5) is 27.8 Å². The van der Waals surface area contributed by atoms with Gasteiger partial charge in [-0.05, 0) is 75.5 Å². The topological polar surface area (TPSA) is 232 Å². The van der Waals surface area contributed by atoms with Crippen molar-refractivity contribution < 1.29 is 58.6 Å². The molecule has 4 N–H and O–H groups in total. The molecule has 0 saturated heterocycles. The van der Waals surface area contributed by atoms with Gasteiger partial charge in [-0.3, -0.25) is 14.2 Å². The fourth-order valence-electron chi connectivity index (χ4n) is 4.74. The minimum atomic E-state index is -4.44. The lowest BCUT2D eigenvalue weighted by atomic mass is 10.1. The molecule has 17 nitrogen and oxygen atoms in total. The molecular formula is C36H34F4N8O9S4. The van der Waals surface area contributed by atoms with E-state index in [2.05, 4.69) is 24.0 Å². The molecule has 0 fully saturated rings. The molecular weight excluding hydrogens is 893 g/mol. The maximum atomic E-state index is 14.5. The summed E-state index contributed by atoms with van der Waals surface area (Å²) in [7, 11) is -1.96. The van der Waals surface area contributed by atoms with Crippen molar-refractivity contribution in [2.75, 3.05) is 37.6 Å². The van der Waals surface area contributed by atoms with Crippen LogP contribution in [0.25, 0.3) is 0 Å². The van der Waals surface area contributed by atoms with Crippen LogP contribution in [0, 0.1) is 37.1 Å². The molecule has 324 valence electrons. The Labute approximate surface area is 354 Å². The lowest BCUT2D eigenvalue weighted by Crippen LogP contribution is -2.21. The van der Waals surface area contributed by atoms with Gasteiger partial charge >= 0.3 is 5.97 Å².